The highest BCUT2D eigenvalue weighted by Crippen LogP contribution is 2.06. The third-order valence-corrected chi connectivity index (χ3v) is 3.90. The number of esters is 1. The van der Waals surface area contributed by atoms with Gasteiger partial charge in [-0.05, 0) is 37.0 Å². The number of carbonyl (C=O) groups is 2. The van der Waals surface area contributed by atoms with Crippen molar-refractivity contribution in [2.45, 2.75) is 25.3 Å². The van der Waals surface area contributed by atoms with Crippen molar-refractivity contribution in [3.63, 3.8) is 0 Å². The third-order valence-electron chi connectivity index (χ3n) is 3.90. The number of hydrogen-bond acceptors (Lipinski definition) is 4. The summed E-state index contributed by atoms with van der Waals surface area (Å²) in [6, 6.07) is 18.1. The molecule has 5 nitrogen and oxygen atoms in total. The summed E-state index contributed by atoms with van der Waals surface area (Å²) in [6.45, 7) is 0.676. The minimum absolute atomic E-state index is 0.275. The second-order valence-electron chi connectivity index (χ2n) is 5.86. The van der Waals surface area contributed by atoms with E-state index in [1.54, 1.807) is 24.3 Å². The Balaban J connectivity index is 1.78. The number of rotatable bonds is 9. The van der Waals surface area contributed by atoms with Crippen LogP contribution in [0.25, 0.3) is 0 Å². The Morgan fingerprint density at radius 1 is 1.04 bits per heavy atom. The minimum atomic E-state index is -0.647. The van der Waals surface area contributed by atoms with E-state index >= 15 is 0 Å². The summed E-state index contributed by atoms with van der Waals surface area (Å²) in [4.78, 5) is 28.5. The number of nitrogens with one attached hydrogen (secondary N) is 1. The van der Waals surface area contributed by atoms with Crippen LogP contribution in [0.5, 0.6) is 0 Å². The van der Waals surface area contributed by atoms with Crippen LogP contribution in [-0.2, 0) is 9.53 Å². The number of unbranched alkanes of at least 4 members (excludes halogenated alkanes) is 1. The van der Waals surface area contributed by atoms with Gasteiger partial charge in [-0.2, -0.15) is 0 Å². The number of amides is 1. The molecule has 0 aliphatic rings. The molecule has 0 saturated heterocycles. The molecule has 26 heavy (non-hydrogen) atoms. The molecule has 0 aromatic heterocycles. The van der Waals surface area contributed by atoms with Gasteiger partial charge < -0.3 is 10.1 Å². The smallest absolute Gasteiger partial charge is 0.328 e. The average Bonchev–Trinajstić information content (AvgIpc) is 2.70. The van der Waals surface area contributed by atoms with Crippen molar-refractivity contribution < 1.29 is 14.3 Å². The van der Waals surface area contributed by atoms with E-state index in [9.17, 15) is 9.59 Å². The van der Waals surface area contributed by atoms with Gasteiger partial charge in [0.1, 0.15) is 6.04 Å². The first-order chi connectivity index (χ1) is 12.7. The molecule has 2 aromatic carbocycles. The summed E-state index contributed by atoms with van der Waals surface area (Å²) in [5.41, 5.74) is 1.59. The summed E-state index contributed by atoms with van der Waals surface area (Å²) in [7, 11) is 1.33. The maximum absolute atomic E-state index is 12.2. The van der Waals surface area contributed by atoms with Gasteiger partial charge in [0.2, 0.25) is 0 Å². The van der Waals surface area contributed by atoms with Crippen molar-refractivity contribution in [2.75, 3.05) is 13.7 Å². The Labute approximate surface area is 154 Å². The highest BCUT2D eigenvalue weighted by Gasteiger charge is 2.21. The van der Waals surface area contributed by atoms with Gasteiger partial charge in [0.25, 0.3) is 5.91 Å². The number of nitrogens with zero attached hydrogens (tertiary/aromatic N) is 1. The normalized spacial score (nSPS) is 11.9. The van der Waals surface area contributed by atoms with Crippen molar-refractivity contribution in [1.82, 2.24) is 5.32 Å². The molecule has 0 radical (unpaired) electrons. The van der Waals surface area contributed by atoms with Crippen molar-refractivity contribution in [1.29, 1.82) is 0 Å². The Bertz CT molecular complexity index is 715. The van der Waals surface area contributed by atoms with Crippen LogP contribution in [0.2, 0.25) is 0 Å². The Kier molecular flexibility index (Phi) is 8.06. The minimum Gasteiger partial charge on any atom is -0.467 e. The maximum Gasteiger partial charge on any atom is 0.328 e. The zero-order valence-electron chi connectivity index (χ0n) is 14.9. The molecule has 0 aliphatic carbocycles. The first-order valence-corrected chi connectivity index (χ1v) is 8.69. The lowest BCUT2D eigenvalue weighted by molar-refractivity contribution is -0.143. The van der Waals surface area contributed by atoms with Crippen LogP contribution in [0.4, 0.5) is 0 Å². The molecule has 0 saturated carbocycles. The molecule has 0 spiro atoms. The number of aliphatic imine (C=N–C) groups is 1. The number of hydrogen-bond donors (Lipinski definition) is 1. The van der Waals surface area contributed by atoms with Crippen molar-refractivity contribution in [3.8, 4) is 0 Å². The number of carbonyl (C=O) groups excluding carboxylic acids is 2. The zero-order chi connectivity index (χ0) is 18.6. The zero-order valence-corrected chi connectivity index (χ0v) is 14.9. The van der Waals surface area contributed by atoms with E-state index in [-0.39, 0.29) is 5.91 Å². The standard InChI is InChI=1S/C21H24N2O3/c1-26-21(25)19(23-20(24)18-12-6-3-7-13-18)14-8-9-15-22-16-17-10-4-2-5-11-17/h2-7,10-13,16,19H,8-9,14-15H2,1H3,(H,23,24)/t19-/m0/s1. The summed E-state index contributed by atoms with van der Waals surface area (Å²) in [6.07, 6.45) is 3.96. The quantitative estimate of drug-likeness (QED) is 0.428. The topological polar surface area (TPSA) is 67.8 Å². The van der Waals surface area contributed by atoms with E-state index in [2.05, 4.69) is 10.3 Å². The second-order valence-corrected chi connectivity index (χ2v) is 5.86. The van der Waals surface area contributed by atoms with Gasteiger partial charge in [0.05, 0.1) is 7.11 Å². The third kappa shape index (κ3) is 6.51. The second kappa shape index (κ2) is 10.8. The summed E-state index contributed by atoms with van der Waals surface area (Å²) in [5, 5.41) is 2.75. The van der Waals surface area contributed by atoms with Gasteiger partial charge in [0.15, 0.2) is 0 Å². The van der Waals surface area contributed by atoms with Crippen LogP contribution >= 0.6 is 0 Å². The van der Waals surface area contributed by atoms with E-state index in [0.29, 0.717) is 18.5 Å². The van der Waals surface area contributed by atoms with Gasteiger partial charge >= 0.3 is 5.97 Å². The Morgan fingerprint density at radius 2 is 1.69 bits per heavy atom. The molecule has 1 amide bonds. The van der Waals surface area contributed by atoms with Gasteiger partial charge in [-0.1, -0.05) is 48.5 Å². The van der Waals surface area contributed by atoms with E-state index in [1.165, 1.54) is 7.11 Å². The predicted octanol–water partition coefficient (Wildman–Crippen LogP) is 3.25. The lowest BCUT2D eigenvalue weighted by Crippen LogP contribution is -2.41. The fourth-order valence-electron chi connectivity index (χ4n) is 2.48. The van der Waals surface area contributed by atoms with E-state index in [0.717, 1.165) is 18.4 Å². The van der Waals surface area contributed by atoms with Crippen molar-refractivity contribution >= 4 is 18.1 Å². The van der Waals surface area contributed by atoms with Crippen LogP contribution in [-0.4, -0.2) is 37.8 Å². The molecular weight excluding hydrogens is 328 g/mol. The molecule has 2 rings (SSSR count). The lowest BCUT2D eigenvalue weighted by Gasteiger charge is -2.16. The fraction of sp³-hybridized carbons (Fsp3) is 0.286. The molecule has 0 aliphatic heterocycles. The summed E-state index contributed by atoms with van der Waals surface area (Å²) in [5.74, 6) is -0.704. The molecule has 136 valence electrons. The highest BCUT2D eigenvalue weighted by atomic mass is 16.5. The molecule has 5 heteroatoms. The van der Waals surface area contributed by atoms with Crippen LogP contribution in [0.1, 0.15) is 35.2 Å². The molecular formula is C21H24N2O3. The number of benzene rings is 2. The largest absolute Gasteiger partial charge is 0.467 e. The molecule has 0 heterocycles. The molecule has 0 fully saturated rings. The number of methoxy groups -OCH3 is 1. The van der Waals surface area contributed by atoms with E-state index < -0.39 is 12.0 Å². The van der Waals surface area contributed by atoms with Gasteiger partial charge in [0, 0.05) is 18.3 Å². The fourth-order valence-corrected chi connectivity index (χ4v) is 2.48. The van der Waals surface area contributed by atoms with E-state index in [1.807, 2.05) is 42.6 Å². The molecule has 1 atom stereocenters. The van der Waals surface area contributed by atoms with Crippen LogP contribution in [0.15, 0.2) is 65.7 Å². The Morgan fingerprint density at radius 3 is 2.35 bits per heavy atom. The van der Waals surface area contributed by atoms with Crippen LogP contribution in [0, 0.1) is 0 Å². The maximum atomic E-state index is 12.2. The summed E-state index contributed by atoms with van der Waals surface area (Å²) < 4.78 is 4.80. The highest BCUT2D eigenvalue weighted by molar-refractivity contribution is 5.96. The molecule has 0 bridgehead atoms. The van der Waals surface area contributed by atoms with Gasteiger partial charge in [-0.25, -0.2) is 4.79 Å². The first kappa shape index (κ1) is 19.4. The monoisotopic (exact) mass is 352 g/mol. The SMILES string of the molecule is COC(=O)[C@H](CCCCN=Cc1ccccc1)NC(=O)c1ccccc1. The Hall–Kier alpha value is -2.95. The van der Waals surface area contributed by atoms with Gasteiger partial charge in [-0.15, -0.1) is 0 Å². The first-order valence-electron chi connectivity index (χ1n) is 8.69. The lowest BCUT2D eigenvalue weighted by atomic mass is 10.1. The van der Waals surface area contributed by atoms with Crippen LogP contribution < -0.4 is 5.32 Å². The molecule has 1 N–H and O–H groups in total. The molecule has 2 aromatic rings. The summed E-state index contributed by atoms with van der Waals surface area (Å²) >= 11 is 0. The van der Waals surface area contributed by atoms with Crippen molar-refractivity contribution in [2.24, 2.45) is 4.99 Å². The van der Waals surface area contributed by atoms with E-state index in [4.69, 9.17) is 4.74 Å². The van der Waals surface area contributed by atoms with Crippen molar-refractivity contribution in [3.05, 3.63) is 71.8 Å². The predicted molar refractivity (Wildman–Crippen MR) is 102 cm³/mol. The van der Waals surface area contributed by atoms with Crippen LogP contribution in [0.3, 0.4) is 0 Å². The molecule has 0 unspecified atom stereocenters. The van der Waals surface area contributed by atoms with Gasteiger partial charge in [-0.3, -0.25) is 9.79 Å². The average molecular weight is 352 g/mol. The number of ether oxygens (including phenoxy) is 1.